The SMILES string of the molecule is C=C(C)C(=O)NCCNC(=O)C(C)C. The molecule has 0 aliphatic rings. The molecule has 0 rings (SSSR count). The molecule has 0 saturated carbocycles. The number of nitrogens with one attached hydrogen (secondary N) is 2. The van der Waals surface area contributed by atoms with Gasteiger partial charge in [-0.05, 0) is 6.92 Å². The van der Waals surface area contributed by atoms with Crippen molar-refractivity contribution in [2.24, 2.45) is 5.92 Å². The summed E-state index contributed by atoms with van der Waals surface area (Å²) in [5.41, 5.74) is 0.472. The second-order valence-corrected chi connectivity index (χ2v) is 3.48. The van der Waals surface area contributed by atoms with E-state index in [0.717, 1.165) is 0 Å². The van der Waals surface area contributed by atoms with Crippen LogP contribution in [0.1, 0.15) is 20.8 Å². The van der Waals surface area contributed by atoms with Gasteiger partial charge in [-0.25, -0.2) is 0 Å². The van der Waals surface area contributed by atoms with Crippen LogP contribution in [0.15, 0.2) is 12.2 Å². The molecule has 80 valence electrons. The zero-order valence-electron chi connectivity index (χ0n) is 9.02. The summed E-state index contributed by atoms with van der Waals surface area (Å²) in [6.45, 7) is 9.67. The number of rotatable bonds is 5. The molecular formula is C10H18N2O2. The van der Waals surface area contributed by atoms with E-state index in [1.54, 1.807) is 6.92 Å². The maximum Gasteiger partial charge on any atom is 0.246 e. The molecule has 4 heteroatoms. The lowest BCUT2D eigenvalue weighted by Crippen LogP contribution is -2.36. The fourth-order valence-electron chi connectivity index (χ4n) is 0.717. The van der Waals surface area contributed by atoms with Gasteiger partial charge in [-0.15, -0.1) is 0 Å². The fraction of sp³-hybridized carbons (Fsp3) is 0.600. The predicted octanol–water partition coefficient (Wildman–Crippen LogP) is 0.451. The fourth-order valence-corrected chi connectivity index (χ4v) is 0.717. The van der Waals surface area contributed by atoms with Gasteiger partial charge in [0.15, 0.2) is 0 Å². The summed E-state index contributed by atoms with van der Waals surface area (Å²) in [5.74, 6) is -0.204. The van der Waals surface area contributed by atoms with Crippen molar-refractivity contribution in [3.05, 3.63) is 12.2 Å². The largest absolute Gasteiger partial charge is 0.354 e. The predicted molar refractivity (Wildman–Crippen MR) is 55.7 cm³/mol. The van der Waals surface area contributed by atoms with Gasteiger partial charge in [-0.1, -0.05) is 20.4 Å². The zero-order valence-corrected chi connectivity index (χ0v) is 9.02. The van der Waals surface area contributed by atoms with Crippen LogP contribution in [0.25, 0.3) is 0 Å². The highest BCUT2D eigenvalue weighted by Gasteiger charge is 2.05. The van der Waals surface area contributed by atoms with Crippen LogP contribution < -0.4 is 10.6 Å². The van der Waals surface area contributed by atoms with E-state index in [1.165, 1.54) is 0 Å². The topological polar surface area (TPSA) is 58.2 Å². The molecule has 0 saturated heterocycles. The molecule has 2 amide bonds. The number of hydrogen-bond acceptors (Lipinski definition) is 2. The molecule has 0 aliphatic carbocycles. The number of hydrogen-bond donors (Lipinski definition) is 2. The monoisotopic (exact) mass is 198 g/mol. The molecule has 0 unspecified atom stereocenters. The first-order valence-corrected chi connectivity index (χ1v) is 4.66. The quantitative estimate of drug-likeness (QED) is 0.498. The van der Waals surface area contributed by atoms with Gasteiger partial charge >= 0.3 is 0 Å². The Balaban J connectivity index is 3.52. The van der Waals surface area contributed by atoms with Gasteiger partial charge in [0, 0.05) is 24.6 Å². The highest BCUT2D eigenvalue weighted by atomic mass is 16.2. The maximum atomic E-state index is 11.1. The Morgan fingerprint density at radius 2 is 1.71 bits per heavy atom. The Morgan fingerprint density at radius 1 is 1.21 bits per heavy atom. The molecule has 0 heterocycles. The zero-order chi connectivity index (χ0) is 11.1. The van der Waals surface area contributed by atoms with Crippen LogP contribution in [-0.4, -0.2) is 24.9 Å². The second kappa shape index (κ2) is 6.18. The highest BCUT2D eigenvalue weighted by molar-refractivity contribution is 5.92. The van der Waals surface area contributed by atoms with E-state index >= 15 is 0 Å². The van der Waals surface area contributed by atoms with E-state index in [-0.39, 0.29) is 17.7 Å². The van der Waals surface area contributed by atoms with Crippen molar-refractivity contribution in [1.29, 1.82) is 0 Å². The van der Waals surface area contributed by atoms with E-state index < -0.39 is 0 Å². The van der Waals surface area contributed by atoms with Crippen molar-refractivity contribution < 1.29 is 9.59 Å². The van der Waals surface area contributed by atoms with Crippen LogP contribution in [0.5, 0.6) is 0 Å². The smallest absolute Gasteiger partial charge is 0.246 e. The molecule has 0 atom stereocenters. The first kappa shape index (κ1) is 12.7. The van der Waals surface area contributed by atoms with Crippen LogP contribution in [0.3, 0.4) is 0 Å². The van der Waals surface area contributed by atoms with Gasteiger partial charge in [0.05, 0.1) is 0 Å². The van der Waals surface area contributed by atoms with E-state index in [1.807, 2.05) is 13.8 Å². The van der Waals surface area contributed by atoms with Crippen LogP contribution in [-0.2, 0) is 9.59 Å². The van der Waals surface area contributed by atoms with Gasteiger partial charge in [-0.2, -0.15) is 0 Å². The van der Waals surface area contributed by atoms with E-state index in [0.29, 0.717) is 18.7 Å². The molecule has 4 nitrogen and oxygen atoms in total. The van der Waals surface area contributed by atoms with Crippen molar-refractivity contribution in [2.45, 2.75) is 20.8 Å². The average Bonchev–Trinajstić information content (AvgIpc) is 2.11. The van der Waals surface area contributed by atoms with Crippen molar-refractivity contribution in [3.63, 3.8) is 0 Å². The van der Waals surface area contributed by atoms with Crippen molar-refractivity contribution in [3.8, 4) is 0 Å². The third-order valence-corrected chi connectivity index (χ3v) is 1.62. The van der Waals surface area contributed by atoms with Gasteiger partial charge in [0.1, 0.15) is 0 Å². The van der Waals surface area contributed by atoms with Gasteiger partial charge in [0.25, 0.3) is 0 Å². The Bertz CT molecular complexity index is 234. The molecule has 2 N–H and O–H groups in total. The molecule has 0 aromatic heterocycles. The standard InChI is InChI=1S/C10H18N2O2/c1-7(2)9(13)11-5-6-12-10(14)8(3)4/h8H,1,5-6H2,2-4H3,(H,11,13)(H,12,14). The molecule has 0 spiro atoms. The third kappa shape index (κ3) is 5.35. The molecule has 0 radical (unpaired) electrons. The Kier molecular flexibility index (Phi) is 5.60. The molecule has 0 aliphatic heterocycles. The molecule has 0 aromatic carbocycles. The minimum absolute atomic E-state index is 0.00502. The summed E-state index contributed by atoms with van der Waals surface area (Å²) >= 11 is 0. The average molecular weight is 198 g/mol. The van der Waals surface area contributed by atoms with Gasteiger partial charge < -0.3 is 10.6 Å². The minimum atomic E-state index is -0.177. The normalized spacial score (nSPS) is 9.71. The molecule has 0 bridgehead atoms. The van der Waals surface area contributed by atoms with E-state index in [4.69, 9.17) is 0 Å². The van der Waals surface area contributed by atoms with Crippen LogP contribution >= 0.6 is 0 Å². The third-order valence-electron chi connectivity index (χ3n) is 1.62. The molecule has 0 fully saturated rings. The van der Waals surface area contributed by atoms with E-state index in [9.17, 15) is 9.59 Å². The second-order valence-electron chi connectivity index (χ2n) is 3.48. The summed E-state index contributed by atoms with van der Waals surface area (Å²) in [6.07, 6.45) is 0. The summed E-state index contributed by atoms with van der Waals surface area (Å²) in [7, 11) is 0. The molecular weight excluding hydrogens is 180 g/mol. The first-order valence-electron chi connectivity index (χ1n) is 4.66. The van der Waals surface area contributed by atoms with E-state index in [2.05, 4.69) is 17.2 Å². The van der Waals surface area contributed by atoms with Crippen LogP contribution in [0, 0.1) is 5.92 Å². The minimum Gasteiger partial charge on any atom is -0.354 e. The summed E-state index contributed by atoms with van der Waals surface area (Å²) < 4.78 is 0. The first-order chi connectivity index (χ1) is 6.45. The Hall–Kier alpha value is -1.32. The van der Waals surface area contributed by atoms with Crippen molar-refractivity contribution in [2.75, 3.05) is 13.1 Å². The lowest BCUT2D eigenvalue weighted by Gasteiger charge is -2.08. The van der Waals surface area contributed by atoms with Crippen molar-refractivity contribution in [1.82, 2.24) is 10.6 Å². The Labute approximate surface area is 84.8 Å². The summed E-state index contributed by atoms with van der Waals surface area (Å²) in [6, 6.07) is 0. The number of amides is 2. The summed E-state index contributed by atoms with van der Waals surface area (Å²) in [5, 5.41) is 5.32. The van der Waals surface area contributed by atoms with Gasteiger partial charge in [0.2, 0.25) is 11.8 Å². The van der Waals surface area contributed by atoms with Crippen LogP contribution in [0.2, 0.25) is 0 Å². The number of carbonyl (C=O) groups excluding carboxylic acids is 2. The Morgan fingerprint density at radius 3 is 2.14 bits per heavy atom. The van der Waals surface area contributed by atoms with Gasteiger partial charge in [-0.3, -0.25) is 9.59 Å². The van der Waals surface area contributed by atoms with Crippen molar-refractivity contribution >= 4 is 11.8 Å². The molecule has 0 aromatic rings. The summed E-state index contributed by atoms with van der Waals surface area (Å²) in [4.78, 5) is 22.1. The maximum absolute atomic E-state index is 11.1. The van der Waals surface area contributed by atoms with Crippen LogP contribution in [0.4, 0.5) is 0 Å². The number of carbonyl (C=O) groups is 2. The lowest BCUT2D eigenvalue weighted by atomic mass is 10.2. The lowest BCUT2D eigenvalue weighted by molar-refractivity contribution is -0.124. The molecule has 14 heavy (non-hydrogen) atoms. The highest BCUT2D eigenvalue weighted by Crippen LogP contribution is 1.89.